The first-order valence-corrected chi connectivity index (χ1v) is 7.52. The number of hydrogen-bond donors (Lipinski definition) is 2. The highest BCUT2D eigenvalue weighted by Gasteiger charge is 2.08. The van der Waals surface area contributed by atoms with Crippen molar-refractivity contribution in [2.45, 2.75) is 13.8 Å². The van der Waals surface area contributed by atoms with E-state index in [9.17, 15) is 4.79 Å². The van der Waals surface area contributed by atoms with Gasteiger partial charge in [-0.05, 0) is 54.8 Å². The van der Waals surface area contributed by atoms with Crippen molar-refractivity contribution in [1.29, 1.82) is 0 Å². The monoisotopic (exact) mass is 330 g/mol. The summed E-state index contributed by atoms with van der Waals surface area (Å²) in [5.74, 6) is 0.789. The maximum absolute atomic E-state index is 11.9. The molecule has 0 saturated heterocycles. The van der Waals surface area contributed by atoms with Crippen LogP contribution < -0.4 is 15.4 Å². The molecule has 0 aliphatic rings. The van der Waals surface area contributed by atoms with Crippen LogP contribution in [0.1, 0.15) is 16.7 Å². The summed E-state index contributed by atoms with van der Waals surface area (Å²) in [6, 6.07) is 10.9. The first-order valence-electron chi connectivity index (χ1n) is 7.14. The van der Waals surface area contributed by atoms with Gasteiger partial charge in [0.2, 0.25) is 0 Å². The van der Waals surface area contributed by atoms with E-state index in [0.717, 1.165) is 22.4 Å². The Bertz CT molecular complexity index is 701. The molecule has 0 aliphatic carbocycles. The molecule has 0 aliphatic heterocycles. The summed E-state index contributed by atoms with van der Waals surface area (Å²) in [5.41, 5.74) is 3.55. The van der Waals surface area contributed by atoms with Crippen molar-refractivity contribution in [3.05, 3.63) is 64.3 Å². The summed E-state index contributed by atoms with van der Waals surface area (Å²) in [4.78, 5) is 11.9. The van der Waals surface area contributed by atoms with Crippen LogP contribution in [-0.2, 0) is 0 Å². The van der Waals surface area contributed by atoms with E-state index in [1.807, 2.05) is 50.2 Å². The Kier molecular flexibility index (Phi) is 5.66. The second kappa shape index (κ2) is 7.70. The van der Waals surface area contributed by atoms with Crippen LogP contribution in [0.25, 0.3) is 6.08 Å². The quantitative estimate of drug-likeness (QED) is 0.849. The number of benzene rings is 2. The smallest absolute Gasteiger partial charge is 0.323 e. The van der Waals surface area contributed by atoms with Gasteiger partial charge in [0.15, 0.2) is 0 Å². The second-order valence-corrected chi connectivity index (χ2v) is 5.55. The van der Waals surface area contributed by atoms with Crippen LogP contribution in [0.3, 0.4) is 0 Å². The van der Waals surface area contributed by atoms with Crippen molar-refractivity contribution in [3.8, 4) is 5.75 Å². The molecule has 0 aromatic heterocycles. The van der Waals surface area contributed by atoms with E-state index in [-0.39, 0.29) is 6.03 Å². The molecule has 23 heavy (non-hydrogen) atoms. The van der Waals surface area contributed by atoms with E-state index in [1.165, 1.54) is 0 Å². The maximum atomic E-state index is 11.9. The van der Waals surface area contributed by atoms with Gasteiger partial charge in [0.1, 0.15) is 5.75 Å². The molecule has 0 fully saturated rings. The minimum absolute atomic E-state index is 0.344. The highest BCUT2D eigenvalue weighted by Crippen LogP contribution is 2.27. The number of nitrogens with one attached hydrogen (secondary N) is 2. The first-order chi connectivity index (χ1) is 11.0. The average Bonchev–Trinajstić information content (AvgIpc) is 2.51. The Morgan fingerprint density at radius 2 is 1.87 bits per heavy atom. The highest BCUT2D eigenvalue weighted by molar-refractivity contribution is 6.34. The first kappa shape index (κ1) is 16.9. The minimum Gasteiger partial charge on any atom is -0.497 e. The van der Waals surface area contributed by atoms with Crippen LogP contribution in [0.4, 0.5) is 10.5 Å². The number of halogens is 1. The highest BCUT2D eigenvalue weighted by atomic mass is 35.5. The van der Waals surface area contributed by atoms with Gasteiger partial charge in [-0.25, -0.2) is 4.79 Å². The number of rotatable bonds is 4. The van der Waals surface area contributed by atoms with Crippen LogP contribution in [-0.4, -0.2) is 13.1 Å². The normalized spacial score (nSPS) is 10.6. The fourth-order valence-electron chi connectivity index (χ4n) is 2.15. The molecular formula is C18H19ClN2O2. The zero-order valence-electron chi connectivity index (χ0n) is 13.3. The lowest BCUT2D eigenvalue weighted by Gasteiger charge is -2.11. The van der Waals surface area contributed by atoms with Crippen molar-refractivity contribution >= 4 is 29.4 Å². The molecule has 0 heterocycles. The van der Waals surface area contributed by atoms with Crippen LogP contribution in [0, 0.1) is 13.8 Å². The number of carbonyl (C=O) groups is 1. The van der Waals surface area contributed by atoms with Gasteiger partial charge in [0, 0.05) is 6.20 Å². The Balaban J connectivity index is 1.96. The van der Waals surface area contributed by atoms with Gasteiger partial charge < -0.3 is 15.4 Å². The summed E-state index contributed by atoms with van der Waals surface area (Å²) in [7, 11) is 1.62. The molecule has 0 saturated carbocycles. The van der Waals surface area contributed by atoms with Gasteiger partial charge in [-0.15, -0.1) is 0 Å². The number of ether oxygens (including phenoxy) is 1. The number of aryl methyl sites for hydroxylation is 2. The molecule has 0 atom stereocenters. The molecule has 0 radical (unpaired) electrons. The van der Waals surface area contributed by atoms with Crippen LogP contribution in [0.5, 0.6) is 5.75 Å². The van der Waals surface area contributed by atoms with E-state index < -0.39 is 0 Å². The van der Waals surface area contributed by atoms with Gasteiger partial charge in [-0.2, -0.15) is 0 Å². The van der Waals surface area contributed by atoms with Crippen LogP contribution >= 0.6 is 11.6 Å². The number of carbonyl (C=O) groups excluding carboxylic acids is 1. The molecule has 2 aromatic rings. The van der Waals surface area contributed by atoms with Crippen molar-refractivity contribution in [2.75, 3.05) is 12.4 Å². The SMILES string of the molecule is COc1ccc(/C=C/NC(=O)Nc2c(C)cc(C)cc2Cl)cc1. The summed E-state index contributed by atoms with van der Waals surface area (Å²) in [5, 5.41) is 5.94. The molecule has 2 aromatic carbocycles. The van der Waals surface area contributed by atoms with E-state index >= 15 is 0 Å². The number of amides is 2. The molecule has 2 rings (SSSR count). The number of hydrogen-bond acceptors (Lipinski definition) is 2. The second-order valence-electron chi connectivity index (χ2n) is 5.14. The predicted octanol–water partition coefficient (Wildman–Crippen LogP) is 4.76. The Morgan fingerprint density at radius 3 is 2.48 bits per heavy atom. The molecule has 120 valence electrons. The largest absolute Gasteiger partial charge is 0.497 e. The molecule has 0 bridgehead atoms. The molecule has 0 spiro atoms. The lowest BCUT2D eigenvalue weighted by molar-refractivity contribution is 0.255. The summed E-state index contributed by atoms with van der Waals surface area (Å²) in [6.07, 6.45) is 3.37. The number of methoxy groups -OCH3 is 1. The van der Waals surface area contributed by atoms with Crippen LogP contribution in [0.2, 0.25) is 5.02 Å². The lowest BCUT2D eigenvalue weighted by Crippen LogP contribution is -2.24. The fourth-order valence-corrected chi connectivity index (χ4v) is 2.52. The summed E-state index contributed by atoms with van der Waals surface area (Å²) >= 11 is 6.16. The Hall–Kier alpha value is -2.46. The van der Waals surface area contributed by atoms with Crippen molar-refractivity contribution in [1.82, 2.24) is 5.32 Å². The number of urea groups is 1. The summed E-state index contributed by atoms with van der Waals surface area (Å²) < 4.78 is 5.09. The zero-order chi connectivity index (χ0) is 16.8. The molecule has 0 unspecified atom stereocenters. The lowest BCUT2D eigenvalue weighted by atomic mass is 10.1. The third-order valence-electron chi connectivity index (χ3n) is 3.28. The zero-order valence-corrected chi connectivity index (χ0v) is 14.1. The van der Waals surface area contributed by atoms with E-state index in [2.05, 4.69) is 10.6 Å². The number of anilines is 1. The van der Waals surface area contributed by atoms with Crippen molar-refractivity contribution in [2.24, 2.45) is 0 Å². The van der Waals surface area contributed by atoms with Crippen LogP contribution in [0.15, 0.2) is 42.6 Å². The molecule has 2 N–H and O–H groups in total. The van der Waals surface area contributed by atoms with E-state index in [0.29, 0.717) is 10.7 Å². The summed E-state index contributed by atoms with van der Waals surface area (Å²) in [6.45, 7) is 3.86. The fraction of sp³-hybridized carbons (Fsp3) is 0.167. The molecule has 4 nitrogen and oxygen atoms in total. The average molecular weight is 331 g/mol. The minimum atomic E-state index is -0.344. The molecule has 5 heteroatoms. The van der Waals surface area contributed by atoms with Gasteiger partial charge in [0.25, 0.3) is 0 Å². The molecule has 2 amide bonds. The van der Waals surface area contributed by atoms with Gasteiger partial charge >= 0.3 is 6.03 Å². The third-order valence-corrected chi connectivity index (χ3v) is 3.57. The van der Waals surface area contributed by atoms with Gasteiger partial charge in [-0.1, -0.05) is 29.8 Å². The standard InChI is InChI=1S/C18H19ClN2O2/c1-12-10-13(2)17(16(19)11-12)21-18(22)20-9-8-14-4-6-15(23-3)7-5-14/h4-11H,1-3H3,(H2,20,21,22)/b9-8+. The van der Waals surface area contributed by atoms with Crippen molar-refractivity contribution < 1.29 is 9.53 Å². The molecular weight excluding hydrogens is 312 g/mol. The van der Waals surface area contributed by atoms with Gasteiger partial charge in [-0.3, -0.25) is 0 Å². The van der Waals surface area contributed by atoms with E-state index in [4.69, 9.17) is 16.3 Å². The van der Waals surface area contributed by atoms with Crippen molar-refractivity contribution in [3.63, 3.8) is 0 Å². The maximum Gasteiger partial charge on any atom is 0.323 e. The predicted molar refractivity (Wildman–Crippen MR) is 95.1 cm³/mol. The van der Waals surface area contributed by atoms with Gasteiger partial charge in [0.05, 0.1) is 17.8 Å². The Labute approximate surface area is 141 Å². The topological polar surface area (TPSA) is 50.4 Å². The Morgan fingerprint density at radius 1 is 1.17 bits per heavy atom. The third kappa shape index (κ3) is 4.76. The van der Waals surface area contributed by atoms with E-state index in [1.54, 1.807) is 19.4 Å².